The average molecular weight is 367 g/mol. The minimum atomic E-state index is -0.108. The minimum absolute atomic E-state index is 0.0186. The van der Waals surface area contributed by atoms with Crippen LogP contribution < -0.4 is 5.32 Å². The highest BCUT2D eigenvalue weighted by atomic mass is 16.1. The molecule has 144 valence electrons. The van der Waals surface area contributed by atoms with Crippen LogP contribution in [0.2, 0.25) is 0 Å². The Morgan fingerprint density at radius 3 is 2.30 bits per heavy atom. The largest absolute Gasteiger partial charge is 0.347 e. The summed E-state index contributed by atoms with van der Waals surface area (Å²) in [6.45, 7) is 9.92. The van der Waals surface area contributed by atoms with Crippen LogP contribution in [0, 0.1) is 13.8 Å². The van der Waals surface area contributed by atoms with Gasteiger partial charge in [0.2, 0.25) is 0 Å². The third-order valence-electron chi connectivity index (χ3n) is 5.46. The number of benzene rings is 1. The number of nitrogens with zero attached hydrogens (tertiary/aromatic N) is 2. The van der Waals surface area contributed by atoms with Gasteiger partial charge in [0.1, 0.15) is 0 Å². The molecule has 5 nitrogen and oxygen atoms in total. The standard InChI is InChI=1S/C22H29N3O2/c1-16-15-21(17(2)25(16)14-13-24-11-5-4-6-12-24)22(27)23-20-9-7-19(8-10-20)18(3)26/h7-10,15H,4-6,11-14H2,1-3H3,(H,23,27). The Hall–Kier alpha value is -2.40. The van der Waals surface area contributed by atoms with Crippen molar-refractivity contribution < 1.29 is 9.59 Å². The summed E-state index contributed by atoms with van der Waals surface area (Å²) in [6.07, 6.45) is 3.93. The van der Waals surface area contributed by atoms with Crippen LogP contribution >= 0.6 is 0 Å². The summed E-state index contributed by atoms with van der Waals surface area (Å²) in [7, 11) is 0. The summed E-state index contributed by atoms with van der Waals surface area (Å²) in [5.74, 6) is -0.0898. The predicted molar refractivity (Wildman–Crippen MR) is 109 cm³/mol. The fourth-order valence-corrected chi connectivity index (χ4v) is 3.79. The zero-order valence-electron chi connectivity index (χ0n) is 16.5. The molecule has 27 heavy (non-hydrogen) atoms. The third kappa shape index (κ3) is 4.66. The van der Waals surface area contributed by atoms with Crippen LogP contribution in [-0.2, 0) is 6.54 Å². The number of carbonyl (C=O) groups excluding carboxylic acids is 2. The van der Waals surface area contributed by atoms with Crippen molar-refractivity contribution in [3.05, 3.63) is 52.8 Å². The first kappa shape index (κ1) is 19.4. The Bertz CT molecular complexity index is 815. The monoisotopic (exact) mass is 367 g/mol. The van der Waals surface area contributed by atoms with E-state index in [0.717, 1.165) is 24.5 Å². The molecule has 2 aromatic rings. The lowest BCUT2D eigenvalue weighted by molar-refractivity contribution is 0.101. The van der Waals surface area contributed by atoms with Gasteiger partial charge in [-0.3, -0.25) is 9.59 Å². The van der Waals surface area contributed by atoms with E-state index in [0.29, 0.717) is 16.8 Å². The van der Waals surface area contributed by atoms with Crippen molar-refractivity contribution in [2.24, 2.45) is 0 Å². The lowest BCUT2D eigenvalue weighted by Crippen LogP contribution is -2.32. The van der Waals surface area contributed by atoms with Crippen molar-refractivity contribution in [3.63, 3.8) is 0 Å². The fraction of sp³-hybridized carbons (Fsp3) is 0.455. The van der Waals surface area contributed by atoms with Crippen molar-refractivity contribution in [2.45, 2.75) is 46.6 Å². The van der Waals surface area contributed by atoms with Crippen LogP contribution in [0.25, 0.3) is 0 Å². The van der Waals surface area contributed by atoms with E-state index in [-0.39, 0.29) is 11.7 Å². The number of piperidine rings is 1. The molecule has 0 bridgehead atoms. The number of carbonyl (C=O) groups is 2. The number of amides is 1. The van der Waals surface area contributed by atoms with Crippen LogP contribution in [0.15, 0.2) is 30.3 Å². The molecule has 2 heterocycles. The van der Waals surface area contributed by atoms with E-state index in [9.17, 15) is 9.59 Å². The van der Waals surface area contributed by atoms with Crippen molar-refractivity contribution >= 4 is 17.4 Å². The molecule has 0 atom stereocenters. The Morgan fingerprint density at radius 2 is 1.67 bits per heavy atom. The predicted octanol–water partition coefficient (Wildman–Crippen LogP) is 4.05. The van der Waals surface area contributed by atoms with E-state index in [4.69, 9.17) is 0 Å². The smallest absolute Gasteiger partial charge is 0.257 e. The number of likely N-dealkylation sites (tertiary alicyclic amines) is 1. The molecule has 1 aromatic heterocycles. The second kappa shape index (κ2) is 8.53. The molecule has 1 aliphatic rings. The van der Waals surface area contributed by atoms with E-state index in [1.165, 1.54) is 39.3 Å². The molecule has 1 saturated heterocycles. The molecule has 1 N–H and O–H groups in total. The Balaban J connectivity index is 1.67. The summed E-state index contributed by atoms with van der Waals surface area (Å²) < 4.78 is 2.24. The van der Waals surface area contributed by atoms with E-state index < -0.39 is 0 Å². The summed E-state index contributed by atoms with van der Waals surface area (Å²) in [4.78, 5) is 26.6. The summed E-state index contributed by atoms with van der Waals surface area (Å²) in [5, 5.41) is 2.94. The number of anilines is 1. The highest BCUT2D eigenvalue weighted by Gasteiger charge is 2.17. The van der Waals surface area contributed by atoms with E-state index in [1.807, 2.05) is 13.0 Å². The average Bonchev–Trinajstić information content (AvgIpc) is 2.95. The van der Waals surface area contributed by atoms with Crippen molar-refractivity contribution in [1.29, 1.82) is 0 Å². The number of aryl methyl sites for hydroxylation is 1. The quantitative estimate of drug-likeness (QED) is 0.784. The minimum Gasteiger partial charge on any atom is -0.347 e. The number of Topliss-reactive ketones (excluding diaryl/α,β-unsaturated/α-hetero) is 1. The molecule has 0 saturated carbocycles. The molecular formula is C22H29N3O2. The van der Waals surface area contributed by atoms with Gasteiger partial charge in [-0.25, -0.2) is 0 Å². The molecule has 1 aromatic carbocycles. The maximum Gasteiger partial charge on any atom is 0.257 e. The molecular weight excluding hydrogens is 338 g/mol. The Morgan fingerprint density at radius 1 is 1.00 bits per heavy atom. The molecule has 5 heteroatoms. The lowest BCUT2D eigenvalue weighted by atomic mass is 10.1. The second-order valence-electron chi connectivity index (χ2n) is 7.43. The Labute approximate surface area is 161 Å². The number of ketones is 1. The normalized spacial score (nSPS) is 14.9. The van der Waals surface area contributed by atoms with Gasteiger partial charge in [0.05, 0.1) is 5.56 Å². The molecule has 0 aliphatic carbocycles. The van der Waals surface area contributed by atoms with Gasteiger partial charge >= 0.3 is 0 Å². The first-order valence-corrected chi connectivity index (χ1v) is 9.77. The number of hydrogen-bond donors (Lipinski definition) is 1. The summed E-state index contributed by atoms with van der Waals surface area (Å²) in [6, 6.07) is 8.97. The van der Waals surface area contributed by atoms with Crippen molar-refractivity contribution in [1.82, 2.24) is 9.47 Å². The van der Waals surface area contributed by atoms with E-state index in [1.54, 1.807) is 24.3 Å². The molecule has 1 fully saturated rings. The highest BCUT2D eigenvalue weighted by Crippen LogP contribution is 2.18. The number of rotatable bonds is 6. The maximum absolute atomic E-state index is 12.7. The van der Waals surface area contributed by atoms with Gasteiger partial charge in [-0.05, 0) is 77.0 Å². The van der Waals surface area contributed by atoms with Crippen LogP contribution in [-0.4, -0.2) is 40.8 Å². The molecule has 0 radical (unpaired) electrons. The first-order chi connectivity index (χ1) is 13.0. The van der Waals surface area contributed by atoms with Gasteiger partial charge in [-0.15, -0.1) is 0 Å². The van der Waals surface area contributed by atoms with E-state index in [2.05, 4.69) is 21.7 Å². The van der Waals surface area contributed by atoms with Crippen LogP contribution in [0.1, 0.15) is 58.3 Å². The molecule has 3 rings (SSSR count). The first-order valence-electron chi connectivity index (χ1n) is 9.77. The maximum atomic E-state index is 12.7. The van der Waals surface area contributed by atoms with Gasteiger partial charge in [-0.1, -0.05) is 6.42 Å². The lowest BCUT2D eigenvalue weighted by Gasteiger charge is -2.27. The van der Waals surface area contributed by atoms with E-state index >= 15 is 0 Å². The number of aromatic nitrogens is 1. The highest BCUT2D eigenvalue weighted by molar-refractivity contribution is 6.05. The molecule has 0 unspecified atom stereocenters. The third-order valence-corrected chi connectivity index (χ3v) is 5.46. The zero-order valence-corrected chi connectivity index (χ0v) is 16.5. The fourth-order valence-electron chi connectivity index (χ4n) is 3.79. The van der Waals surface area contributed by atoms with Crippen LogP contribution in [0.4, 0.5) is 5.69 Å². The SMILES string of the molecule is CC(=O)c1ccc(NC(=O)c2cc(C)n(CCN3CCCCC3)c2C)cc1. The van der Waals surface area contributed by atoms with Gasteiger partial charge in [0.15, 0.2) is 5.78 Å². The van der Waals surface area contributed by atoms with Gasteiger partial charge in [-0.2, -0.15) is 0 Å². The molecule has 0 spiro atoms. The molecule has 1 aliphatic heterocycles. The second-order valence-corrected chi connectivity index (χ2v) is 7.43. The summed E-state index contributed by atoms with van der Waals surface area (Å²) in [5.41, 5.74) is 4.16. The summed E-state index contributed by atoms with van der Waals surface area (Å²) >= 11 is 0. The zero-order chi connectivity index (χ0) is 19.4. The Kier molecular flexibility index (Phi) is 6.11. The van der Waals surface area contributed by atoms with Crippen molar-refractivity contribution in [2.75, 3.05) is 25.0 Å². The topological polar surface area (TPSA) is 54.3 Å². The molecule has 1 amide bonds. The van der Waals surface area contributed by atoms with Crippen LogP contribution in [0.3, 0.4) is 0 Å². The van der Waals surface area contributed by atoms with Crippen molar-refractivity contribution in [3.8, 4) is 0 Å². The number of nitrogens with one attached hydrogen (secondary N) is 1. The van der Waals surface area contributed by atoms with Gasteiger partial charge in [0.25, 0.3) is 5.91 Å². The van der Waals surface area contributed by atoms with Gasteiger partial charge < -0.3 is 14.8 Å². The van der Waals surface area contributed by atoms with Crippen LogP contribution in [0.5, 0.6) is 0 Å². The number of hydrogen-bond acceptors (Lipinski definition) is 3. The van der Waals surface area contributed by atoms with Gasteiger partial charge in [0, 0.05) is 35.7 Å².